The Balaban J connectivity index is 1.52. The summed E-state index contributed by atoms with van der Waals surface area (Å²) in [4.78, 5) is 24.2. The quantitative estimate of drug-likeness (QED) is 0.583. The van der Waals surface area contributed by atoms with Crippen LogP contribution in [0.2, 0.25) is 5.02 Å². The van der Waals surface area contributed by atoms with E-state index in [4.69, 9.17) is 21.1 Å². The molecule has 1 heterocycles. The molecule has 0 spiro atoms. The van der Waals surface area contributed by atoms with Crippen LogP contribution >= 0.6 is 11.6 Å². The van der Waals surface area contributed by atoms with Gasteiger partial charge in [0.1, 0.15) is 0 Å². The van der Waals surface area contributed by atoms with E-state index in [-0.39, 0.29) is 28.7 Å². The molecule has 2 fully saturated rings. The summed E-state index contributed by atoms with van der Waals surface area (Å²) in [7, 11) is -3.72. The lowest BCUT2D eigenvalue weighted by Crippen LogP contribution is -2.40. The Kier molecular flexibility index (Phi) is 8.71. The van der Waals surface area contributed by atoms with Gasteiger partial charge in [-0.1, -0.05) is 43.7 Å². The molecule has 1 amide bonds. The second-order valence-corrected chi connectivity index (χ2v) is 10.3. The molecular weight excluding hydrogens is 444 g/mol. The number of anilines is 1. The summed E-state index contributed by atoms with van der Waals surface area (Å²) in [6.07, 6.45) is 7.07. The van der Waals surface area contributed by atoms with Crippen LogP contribution in [0.25, 0.3) is 0 Å². The Morgan fingerprint density at radius 2 is 1.87 bits per heavy atom. The molecule has 1 saturated heterocycles. The highest BCUT2D eigenvalue weighted by molar-refractivity contribution is 7.89. The number of carbonyl (C=O) groups is 2. The first-order valence-electron chi connectivity index (χ1n) is 10.7. The lowest BCUT2D eigenvalue weighted by Gasteiger charge is -2.26. The van der Waals surface area contributed by atoms with Gasteiger partial charge >= 0.3 is 5.97 Å². The predicted octanol–water partition coefficient (Wildman–Crippen LogP) is 3.20. The number of carbonyl (C=O) groups excluding carboxylic acids is 2. The lowest BCUT2D eigenvalue weighted by molar-refractivity contribution is -0.147. The minimum atomic E-state index is -3.72. The zero-order valence-corrected chi connectivity index (χ0v) is 19.1. The van der Waals surface area contributed by atoms with E-state index in [2.05, 4.69) is 5.32 Å². The van der Waals surface area contributed by atoms with E-state index in [1.165, 1.54) is 41.8 Å². The molecule has 1 aliphatic heterocycles. The lowest BCUT2D eigenvalue weighted by atomic mass is 9.86. The smallest absolute Gasteiger partial charge is 0.306 e. The highest BCUT2D eigenvalue weighted by Crippen LogP contribution is 2.28. The van der Waals surface area contributed by atoms with Gasteiger partial charge in [-0.3, -0.25) is 9.59 Å². The maximum Gasteiger partial charge on any atom is 0.306 e. The molecule has 8 nitrogen and oxygen atoms in total. The zero-order valence-electron chi connectivity index (χ0n) is 17.5. The average molecular weight is 473 g/mol. The number of rotatable bonds is 8. The van der Waals surface area contributed by atoms with Gasteiger partial charge in [-0.25, -0.2) is 8.42 Å². The maximum atomic E-state index is 12.8. The van der Waals surface area contributed by atoms with Crippen molar-refractivity contribution in [1.29, 1.82) is 0 Å². The number of sulfonamides is 1. The molecular formula is C21H29ClN2O6S. The Labute approximate surface area is 188 Å². The van der Waals surface area contributed by atoms with E-state index in [0.717, 1.165) is 19.3 Å². The van der Waals surface area contributed by atoms with Crippen LogP contribution in [0, 0.1) is 5.92 Å². The third kappa shape index (κ3) is 6.90. The number of esters is 1. The number of benzene rings is 1. The molecule has 1 aromatic carbocycles. The van der Waals surface area contributed by atoms with Crippen LogP contribution < -0.4 is 5.32 Å². The highest BCUT2D eigenvalue weighted by Gasteiger charge is 2.27. The van der Waals surface area contributed by atoms with Crippen molar-refractivity contribution in [3.63, 3.8) is 0 Å². The summed E-state index contributed by atoms with van der Waals surface area (Å²) < 4.78 is 37.2. The van der Waals surface area contributed by atoms with E-state index in [1.54, 1.807) is 0 Å². The standard InChI is InChI=1S/C21H29ClN2O6S/c22-18-8-7-17(31(27,28)24-10-12-29-13-11-24)14-19(18)23-20(25)15-30-21(26)9-6-16-4-2-1-3-5-16/h7-8,14,16H,1-6,9-13,15H2,(H,23,25). The summed E-state index contributed by atoms with van der Waals surface area (Å²) in [5.74, 6) is -0.422. The molecule has 172 valence electrons. The first-order chi connectivity index (χ1) is 14.9. The minimum absolute atomic E-state index is 0.0265. The SMILES string of the molecule is O=C(COC(=O)CCC1CCCCC1)Nc1cc(S(=O)(=O)N2CCOCC2)ccc1Cl. The number of ether oxygens (including phenoxy) is 2. The van der Waals surface area contributed by atoms with Gasteiger partial charge in [0.25, 0.3) is 5.91 Å². The first-order valence-corrected chi connectivity index (χ1v) is 12.5. The molecule has 10 heteroatoms. The fourth-order valence-corrected chi connectivity index (χ4v) is 5.50. The fourth-order valence-electron chi connectivity index (χ4n) is 3.90. The first kappa shape index (κ1) is 24.0. The third-order valence-corrected chi connectivity index (χ3v) is 7.89. The molecule has 0 aromatic heterocycles. The molecule has 3 rings (SSSR count). The second-order valence-electron chi connectivity index (χ2n) is 7.91. The molecule has 1 aliphatic carbocycles. The van der Waals surface area contributed by atoms with Gasteiger partial charge in [-0.15, -0.1) is 0 Å². The topological polar surface area (TPSA) is 102 Å². The number of amides is 1. The molecule has 0 unspecified atom stereocenters. The minimum Gasteiger partial charge on any atom is -0.456 e. The molecule has 1 aromatic rings. The maximum absolute atomic E-state index is 12.8. The van der Waals surface area contributed by atoms with Gasteiger partial charge in [-0.05, 0) is 30.5 Å². The molecule has 2 aliphatic rings. The normalized spacial score (nSPS) is 18.5. The van der Waals surface area contributed by atoms with E-state index < -0.39 is 28.5 Å². The van der Waals surface area contributed by atoms with Crippen molar-refractivity contribution in [2.75, 3.05) is 38.2 Å². The van der Waals surface area contributed by atoms with Gasteiger partial charge in [0, 0.05) is 19.5 Å². The summed E-state index contributed by atoms with van der Waals surface area (Å²) >= 11 is 6.12. The second kappa shape index (κ2) is 11.3. The average Bonchev–Trinajstić information content (AvgIpc) is 2.79. The number of hydrogen-bond acceptors (Lipinski definition) is 6. The molecule has 31 heavy (non-hydrogen) atoms. The van der Waals surface area contributed by atoms with Crippen LogP contribution in [0.3, 0.4) is 0 Å². The number of hydrogen-bond donors (Lipinski definition) is 1. The van der Waals surface area contributed by atoms with Crippen LogP contribution in [0.15, 0.2) is 23.1 Å². The third-order valence-electron chi connectivity index (χ3n) is 5.67. The Bertz CT molecular complexity index is 880. The Morgan fingerprint density at radius 3 is 2.58 bits per heavy atom. The summed E-state index contributed by atoms with van der Waals surface area (Å²) in [6.45, 7) is 0.762. The van der Waals surface area contributed by atoms with Gasteiger partial charge < -0.3 is 14.8 Å². The monoisotopic (exact) mass is 472 g/mol. The zero-order chi connectivity index (χ0) is 22.3. The van der Waals surface area contributed by atoms with Crippen molar-refractivity contribution < 1.29 is 27.5 Å². The van der Waals surface area contributed by atoms with E-state index in [0.29, 0.717) is 25.6 Å². The van der Waals surface area contributed by atoms with E-state index in [9.17, 15) is 18.0 Å². The van der Waals surface area contributed by atoms with Crippen molar-refractivity contribution in [3.8, 4) is 0 Å². The van der Waals surface area contributed by atoms with Crippen molar-refractivity contribution in [2.45, 2.75) is 49.8 Å². The van der Waals surface area contributed by atoms with Gasteiger partial charge in [0.2, 0.25) is 10.0 Å². The molecule has 1 N–H and O–H groups in total. The van der Waals surface area contributed by atoms with Crippen LogP contribution in [0.5, 0.6) is 0 Å². The largest absolute Gasteiger partial charge is 0.456 e. The van der Waals surface area contributed by atoms with Crippen molar-refractivity contribution in [1.82, 2.24) is 4.31 Å². The molecule has 1 saturated carbocycles. The fraction of sp³-hybridized carbons (Fsp3) is 0.619. The van der Waals surface area contributed by atoms with Crippen LogP contribution in [0.4, 0.5) is 5.69 Å². The van der Waals surface area contributed by atoms with Crippen molar-refractivity contribution in [2.24, 2.45) is 5.92 Å². The molecule has 0 bridgehead atoms. The summed E-state index contributed by atoms with van der Waals surface area (Å²) in [6, 6.07) is 4.13. The number of nitrogens with zero attached hydrogens (tertiary/aromatic N) is 1. The highest BCUT2D eigenvalue weighted by atomic mass is 35.5. The molecule has 0 radical (unpaired) electrons. The Morgan fingerprint density at radius 1 is 1.16 bits per heavy atom. The van der Waals surface area contributed by atoms with E-state index in [1.807, 2.05) is 0 Å². The number of morpholine rings is 1. The van der Waals surface area contributed by atoms with E-state index >= 15 is 0 Å². The van der Waals surface area contributed by atoms with Crippen molar-refractivity contribution in [3.05, 3.63) is 23.2 Å². The van der Waals surface area contributed by atoms with Gasteiger partial charge in [-0.2, -0.15) is 4.31 Å². The van der Waals surface area contributed by atoms with Crippen LogP contribution in [0.1, 0.15) is 44.9 Å². The van der Waals surface area contributed by atoms with Crippen LogP contribution in [-0.4, -0.2) is 57.5 Å². The number of nitrogens with one attached hydrogen (secondary N) is 1. The van der Waals surface area contributed by atoms with Crippen LogP contribution in [-0.2, 0) is 29.1 Å². The summed E-state index contributed by atoms with van der Waals surface area (Å²) in [5.41, 5.74) is 0.152. The number of halogens is 1. The predicted molar refractivity (Wildman–Crippen MR) is 116 cm³/mol. The van der Waals surface area contributed by atoms with Gasteiger partial charge in [0.15, 0.2) is 6.61 Å². The van der Waals surface area contributed by atoms with Gasteiger partial charge in [0.05, 0.1) is 28.8 Å². The van der Waals surface area contributed by atoms with Crippen molar-refractivity contribution >= 4 is 39.2 Å². The Hall–Kier alpha value is -1.68. The summed E-state index contributed by atoms with van der Waals surface area (Å²) in [5, 5.41) is 2.72. The molecule has 0 atom stereocenters.